The van der Waals surface area contributed by atoms with Crippen molar-refractivity contribution >= 4 is 5.96 Å². The summed E-state index contributed by atoms with van der Waals surface area (Å²) < 4.78 is 2.08. The molecule has 4 rings (SSSR count). The van der Waals surface area contributed by atoms with E-state index in [-0.39, 0.29) is 0 Å². The minimum Gasteiger partial charge on any atom is -0.353 e. The fraction of sp³-hybridized carbons (Fsp3) is 0.304. The summed E-state index contributed by atoms with van der Waals surface area (Å²) in [5.74, 6) is 1.62. The van der Waals surface area contributed by atoms with Crippen LogP contribution in [0.4, 0.5) is 0 Å². The Morgan fingerprint density at radius 2 is 1.96 bits per heavy atom. The van der Waals surface area contributed by atoms with Gasteiger partial charge in [0.05, 0.1) is 6.33 Å². The highest BCUT2D eigenvalue weighted by Gasteiger charge is 2.33. The Labute approximate surface area is 166 Å². The van der Waals surface area contributed by atoms with Gasteiger partial charge in [0.25, 0.3) is 0 Å². The van der Waals surface area contributed by atoms with Crippen molar-refractivity contribution < 1.29 is 0 Å². The number of nitrogens with one attached hydrogen (secondary N) is 2. The third kappa shape index (κ3) is 4.42. The monoisotopic (exact) mass is 373 g/mol. The summed E-state index contributed by atoms with van der Waals surface area (Å²) in [5, 5.41) is 6.94. The first-order valence-corrected chi connectivity index (χ1v) is 9.83. The van der Waals surface area contributed by atoms with Crippen LogP contribution in [0.15, 0.2) is 72.2 Å². The fourth-order valence-electron chi connectivity index (χ4n) is 3.41. The van der Waals surface area contributed by atoms with Crippen LogP contribution in [0.3, 0.4) is 0 Å². The van der Waals surface area contributed by atoms with E-state index in [1.165, 1.54) is 28.7 Å². The summed E-state index contributed by atoms with van der Waals surface area (Å²) in [4.78, 5) is 8.46. The third-order valence-corrected chi connectivity index (χ3v) is 5.31. The molecule has 5 nitrogen and oxygen atoms in total. The lowest BCUT2D eigenvalue weighted by Crippen LogP contribution is -2.38. The molecule has 0 amide bonds. The third-order valence-electron chi connectivity index (χ3n) is 5.31. The number of imidazole rings is 1. The first kappa shape index (κ1) is 18.3. The van der Waals surface area contributed by atoms with E-state index >= 15 is 0 Å². The highest BCUT2D eigenvalue weighted by Crippen LogP contribution is 2.29. The minimum absolute atomic E-state index is 0.560. The molecular formula is C23H27N5. The molecule has 1 aromatic heterocycles. The zero-order valence-corrected chi connectivity index (χ0v) is 16.5. The average Bonchev–Trinajstić information content (AvgIpc) is 3.18. The van der Waals surface area contributed by atoms with Gasteiger partial charge in [-0.15, -0.1) is 0 Å². The summed E-state index contributed by atoms with van der Waals surface area (Å²) >= 11 is 0. The number of hydrogen-bond donors (Lipinski definition) is 2. The molecule has 3 aromatic rings. The Hall–Kier alpha value is -3.08. The van der Waals surface area contributed by atoms with Crippen molar-refractivity contribution in [3.63, 3.8) is 0 Å². The Kier molecular flexibility index (Phi) is 5.42. The second-order valence-corrected chi connectivity index (χ2v) is 7.48. The van der Waals surface area contributed by atoms with E-state index in [9.17, 15) is 0 Å². The Morgan fingerprint density at radius 3 is 2.64 bits per heavy atom. The van der Waals surface area contributed by atoms with Crippen LogP contribution in [-0.2, 0) is 13.1 Å². The lowest BCUT2D eigenvalue weighted by atomic mass is 9.98. The number of hydrogen-bond acceptors (Lipinski definition) is 2. The second-order valence-electron chi connectivity index (χ2n) is 7.48. The van der Waals surface area contributed by atoms with E-state index in [0.29, 0.717) is 6.04 Å². The maximum atomic E-state index is 4.35. The first-order chi connectivity index (χ1) is 13.7. The second kappa shape index (κ2) is 8.30. The highest BCUT2D eigenvalue weighted by molar-refractivity contribution is 5.80. The molecule has 2 atom stereocenters. The van der Waals surface area contributed by atoms with Gasteiger partial charge in [-0.3, -0.25) is 4.99 Å². The van der Waals surface area contributed by atoms with E-state index < -0.39 is 0 Å². The van der Waals surface area contributed by atoms with Gasteiger partial charge in [0.1, 0.15) is 0 Å². The zero-order chi connectivity index (χ0) is 19.3. The molecule has 2 unspecified atom stereocenters. The van der Waals surface area contributed by atoms with Gasteiger partial charge in [-0.05, 0) is 34.6 Å². The molecular weight excluding hydrogens is 346 g/mol. The standard InChI is InChI=1S/C23H27N5/c1-17-13-22(17)27-23(24-2)26-14-20-5-3-4-6-21(20)19-9-7-18(8-10-19)15-28-12-11-25-16-28/h3-12,16-17,22H,13-15H2,1-2H3,(H2,24,26,27). The van der Waals surface area contributed by atoms with Crippen LogP contribution in [-0.4, -0.2) is 28.6 Å². The molecule has 1 aliphatic carbocycles. The van der Waals surface area contributed by atoms with Gasteiger partial charge >= 0.3 is 0 Å². The lowest BCUT2D eigenvalue weighted by Gasteiger charge is -2.14. The maximum absolute atomic E-state index is 4.35. The average molecular weight is 374 g/mol. The van der Waals surface area contributed by atoms with Crippen LogP contribution in [0.5, 0.6) is 0 Å². The Morgan fingerprint density at radius 1 is 1.18 bits per heavy atom. The van der Waals surface area contributed by atoms with Crippen LogP contribution in [0.2, 0.25) is 0 Å². The van der Waals surface area contributed by atoms with Crippen LogP contribution in [0, 0.1) is 5.92 Å². The quantitative estimate of drug-likeness (QED) is 0.512. The molecule has 2 N–H and O–H groups in total. The molecule has 2 aromatic carbocycles. The van der Waals surface area contributed by atoms with E-state index in [1.807, 2.05) is 25.8 Å². The fourth-order valence-corrected chi connectivity index (χ4v) is 3.41. The molecule has 144 valence electrons. The van der Waals surface area contributed by atoms with Crippen molar-refractivity contribution in [2.45, 2.75) is 32.5 Å². The molecule has 1 heterocycles. The number of nitrogens with zero attached hydrogens (tertiary/aromatic N) is 3. The number of rotatable bonds is 6. The molecule has 1 saturated carbocycles. The molecule has 28 heavy (non-hydrogen) atoms. The molecule has 0 aliphatic heterocycles. The molecule has 1 aliphatic rings. The van der Waals surface area contributed by atoms with Crippen molar-refractivity contribution in [2.75, 3.05) is 7.05 Å². The van der Waals surface area contributed by atoms with Crippen molar-refractivity contribution in [2.24, 2.45) is 10.9 Å². The summed E-state index contributed by atoms with van der Waals surface area (Å²) in [6, 6.07) is 17.9. The van der Waals surface area contributed by atoms with Gasteiger partial charge in [0.15, 0.2) is 5.96 Å². The number of aromatic nitrogens is 2. The van der Waals surface area contributed by atoms with Crippen molar-refractivity contribution in [1.29, 1.82) is 0 Å². The molecule has 0 radical (unpaired) electrons. The van der Waals surface area contributed by atoms with Gasteiger partial charge in [0, 0.05) is 38.6 Å². The van der Waals surface area contributed by atoms with Crippen LogP contribution >= 0.6 is 0 Å². The molecule has 1 fully saturated rings. The molecule has 5 heteroatoms. The zero-order valence-electron chi connectivity index (χ0n) is 16.5. The summed E-state index contributed by atoms with van der Waals surface area (Å²) in [5.41, 5.74) is 5.00. The van der Waals surface area contributed by atoms with Gasteiger partial charge in [0.2, 0.25) is 0 Å². The first-order valence-electron chi connectivity index (χ1n) is 9.83. The maximum Gasteiger partial charge on any atom is 0.191 e. The van der Waals surface area contributed by atoms with E-state index in [2.05, 4.69) is 80.6 Å². The van der Waals surface area contributed by atoms with Gasteiger partial charge < -0.3 is 15.2 Å². The number of guanidine groups is 1. The van der Waals surface area contributed by atoms with Crippen molar-refractivity contribution in [3.05, 3.63) is 78.4 Å². The van der Waals surface area contributed by atoms with Gasteiger partial charge in [-0.25, -0.2) is 4.98 Å². The topological polar surface area (TPSA) is 54.2 Å². The highest BCUT2D eigenvalue weighted by atomic mass is 15.2. The van der Waals surface area contributed by atoms with Crippen LogP contribution in [0.1, 0.15) is 24.5 Å². The largest absolute Gasteiger partial charge is 0.353 e. The SMILES string of the molecule is CN=C(NCc1ccccc1-c1ccc(Cn2ccnc2)cc1)NC1CC1C. The Balaban J connectivity index is 1.44. The van der Waals surface area contributed by atoms with Gasteiger partial charge in [-0.2, -0.15) is 0 Å². The predicted molar refractivity (Wildman–Crippen MR) is 114 cm³/mol. The molecule has 0 saturated heterocycles. The van der Waals surface area contributed by atoms with Crippen molar-refractivity contribution in [3.8, 4) is 11.1 Å². The van der Waals surface area contributed by atoms with Crippen LogP contribution < -0.4 is 10.6 Å². The van der Waals surface area contributed by atoms with Crippen molar-refractivity contribution in [1.82, 2.24) is 20.2 Å². The minimum atomic E-state index is 0.560. The number of aliphatic imine (C=N–C) groups is 1. The Bertz CT molecular complexity index is 928. The normalized spacial score (nSPS) is 18.7. The van der Waals surface area contributed by atoms with Crippen LogP contribution in [0.25, 0.3) is 11.1 Å². The molecule has 0 bridgehead atoms. The summed E-state index contributed by atoms with van der Waals surface area (Å²) in [6.45, 7) is 3.84. The predicted octanol–water partition coefficient (Wildman–Crippen LogP) is 3.67. The smallest absolute Gasteiger partial charge is 0.191 e. The number of benzene rings is 2. The summed E-state index contributed by atoms with van der Waals surface area (Å²) in [6.07, 6.45) is 6.86. The molecule has 0 spiro atoms. The van der Waals surface area contributed by atoms with E-state index in [0.717, 1.165) is 25.0 Å². The van der Waals surface area contributed by atoms with Gasteiger partial charge in [-0.1, -0.05) is 55.5 Å². The summed E-state index contributed by atoms with van der Waals surface area (Å²) in [7, 11) is 1.83. The van der Waals surface area contributed by atoms with E-state index in [1.54, 1.807) is 0 Å². The lowest BCUT2D eigenvalue weighted by molar-refractivity contribution is 0.764. The van der Waals surface area contributed by atoms with E-state index in [4.69, 9.17) is 0 Å².